The zero-order chi connectivity index (χ0) is 24.0. The molecule has 2 aromatic carbocycles. The first-order chi connectivity index (χ1) is 17.2. The van der Waals surface area contributed by atoms with Crippen molar-refractivity contribution in [3.8, 4) is 0 Å². The van der Waals surface area contributed by atoms with Gasteiger partial charge in [0.25, 0.3) is 0 Å². The van der Waals surface area contributed by atoms with Gasteiger partial charge >= 0.3 is 0 Å². The summed E-state index contributed by atoms with van der Waals surface area (Å²) in [6, 6.07) is 23.5. The number of aromatic nitrogens is 2. The molecular weight excluding hydrogens is 434 g/mol. The molecule has 6 heteroatoms. The quantitative estimate of drug-likeness (QED) is 0.339. The van der Waals surface area contributed by atoms with Crippen LogP contribution in [-0.4, -0.2) is 42.7 Å². The molecule has 0 unspecified atom stereocenters. The summed E-state index contributed by atoms with van der Waals surface area (Å²) < 4.78 is 5.57. The van der Waals surface area contributed by atoms with Crippen molar-refractivity contribution in [3.63, 3.8) is 0 Å². The number of nitrogens with one attached hydrogen (secondary N) is 2. The number of fused-ring (bicyclic) bond motifs is 1. The highest BCUT2D eigenvalue weighted by Gasteiger charge is 2.22. The third-order valence-corrected chi connectivity index (χ3v) is 6.65. The van der Waals surface area contributed by atoms with Crippen molar-refractivity contribution in [1.82, 2.24) is 15.3 Å². The molecule has 0 radical (unpaired) electrons. The zero-order valence-corrected chi connectivity index (χ0v) is 20.4. The third-order valence-electron chi connectivity index (χ3n) is 6.65. The van der Waals surface area contributed by atoms with Gasteiger partial charge in [0.2, 0.25) is 5.95 Å². The summed E-state index contributed by atoms with van der Waals surface area (Å²) in [4.78, 5) is 11.6. The minimum atomic E-state index is 0.386. The van der Waals surface area contributed by atoms with E-state index in [4.69, 9.17) is 14.4 Å². The molecule has 180 valence electrons. The van der Waals surface area contributed by atoms with Gasteiger partial charge in [0.15, 0.2) is 0 Å². The molecular formula is C29H33N5O. The molecule has 2 aromatic heterocycles. The van der Waals surface area contributed by atoms with Gasteiger partial charge in [-0.3, -0.25) is 0 Å². The maximum atomic E-state index is 5.57. The minimum absolute atomic E-state index is 0.386. The Kier molecular flexibility index (Phi) is 7.09. The van der Waals surface area contributed by atoms with Gasteiger partial charge in [-0.05, 0) is 67.2 Å². The number of hydrogen-bond donors (Lipinski definition) is 2. The van der Waals surface area contributed by atoms with Gasteiger partial charge in [-0.1, -0.05) is 42.5 Å². The van der Waals surface area contributed by atoms with Crippen LogP contribution in [0.25, 0.3) is 22.6 Å². The molecule has 0 atom stereocenters. The average Bonchev–Trinajstić information content (AvgIpc) is 3.40. The molecule has 6 nitrogen and oxygen atoms in total. The highest BCUT2D eigenvalue weighted by atomic mass is 16.3. The van der Waals surface area contributed by atoms with E-state index in [1.54, 1.807) is 6.26 Å². The minimum Gasteiger partial charge on any atom is -0.465 e. The average molecular weight is 468 g/mol. The summed E-state index contributed by atoms with van der Waals surface area (Å²) in [6.07, 6.45) is 8.27. The number of benzene rings is 2. The van der Waals surface area contributed by atoms with E-state index in [0.29, 0.717) is 12.1 Å². The molecule has 0 spiro atoms. The number of hydrogen-bond acceptors (Lipinski definition) is 6. The Hall–Kier alpha value is -3.64. The lowest BCUT2D eigenvalue weighted by atomic mass is 9.91. The Morgan fingerprint density at radius 2 is 1.66 bits per heavy atom. The van der Waals surface area contributed by atoms with Crippen molar-refractivity contribution in [3.05, 3.63) is 84.3 Å². The van der Waals surface area contributed by atoms with Crippen molar-refractivity contribution in [2.75, 3.05) is 30.9 Å². The van der Waals surface area contributed by atoms with Crippen LogP contribution in [0.1, 0.15) is 37.0 Å². The van der Waals surface area contributed by atoms with E-state index >= 15 is 0 Å². The van der Waals surface area contributed by atoms with E-state index < -0.39 is 0 Å². The fourth-order valence-electron chi connectivity index (χ4n) is 4.78. The first-order valence-corrected chi connectivity index (χ1v) is 12.4. The van der Waals surface area contributed by atoms with E-state index in [9.17, 15) is 0 Å². The molecule has 2 N–H and O–H groups in total. The van der Waals surface area contributed by atoms with Crippen LogP contribution in [0.5, 0.6) is 0 Å². The van der Waals surface area contributed by atoms with Crippen LogP contribution in [-0.2, 0) is 0 Å². The van der Waals surface area contributed by atoms with Crippen molar-refractivity contribution in [2.45, 2.75) is 37.8 Å². The third kappa shape index (κ3) is 5.72. The molecule has 2 heterocycles. The molecule has 1 aliphatic rings. The van der Waals surface area contributed by atoms with E-state index in [0.717, 1.165) is 60.7 Å². The molecule has 0 saturated heterocycles. The molecule has 0 amide bonds. The summed E-state index contributed by atoms with van der Waals surface area (Å²) in [5, 5.41) is 8.48. The van der Waals surface area contributed by atoms with Crippen LogP contribution in [0.3, 0.4) is 0 Å². The highest BCUT2D eigenvalue weighted by Crippen LogP contribution is 2.27. The first-order valence-electron chi connectivity index (χ1n) is 12.4. The Balaban J connectivity index is 1.20. The summed E-state index contributed by atoms with van der Waals surface area (Å²) in [7, 11) is 4.05. The van der Waals surface area contributed by atoms with E-state index in [1.807, 2.05) is 38.4 Å². The van der Waals surface area contributed by atoms with Crippen molar-refractivity contribution in [2.24, 2.45) is 0 Å². The Morgan fingerprint density at radius 3 is 2.40 bits per heavy atom. The van der Waals surface area contributed by atoms with Crippen LogP contribution in [0.15, 0.2) is 77.4 Å². The lowest BCUT2D eigenvalue weighted by Gasteiger charge is -2.30. The van der Waals surface area contributed by atoms with Gasteiger partial charge in [-0.2, -0.15) is 4.98 Å². The normalized spacial score (nSPS) is 18.5. The number of anilines is 2. The van der Waals surface area contributed by atoms with Crippen LogP contribution < -0.4 is 15.5 Å². The topological polar surface area (TPSA) is 66.2 Å². The Labute approximate surface area is 207 Å². The van der Waals surface area contributed by atoms with Crippen molar-refractivity contribution < 1.29 is 4.42 Å². The SMILES string of the molecule is CN(C)c1nc(N[C@H]2CC[C@@H](NC/C(=C\c3ccco3)c3ccccc3)CC2)nc2ccccc12. The van der Waals surface area contributed by atoms with E-state index in [1.165, 1.54) is 11.1 Å². The number of furan rings is 1. The van der Waals surface area contributed by atoms with Crippen molar-refractivity contribution in [1.29, 1.82) is 0 Å². The van der Waals surface area contributed by atoms with Crippen LogP contribution in [0.4, 0.5) is 11.8 Å². The second-order valence-corrected chi connectivity index (χ2v) is 9.41. The van der Waals surface area contributed by atoms with Gasteiger partial charge < -0.3 is 20.0 Å². The predicted octanol–water partition coefficient (Wildman–Crippen LogP) is 5.84. The first kappa shape index (κ1) is 23.1. The van der Waals surface area contributed by atoms with E-state index in [2.05, 4.69) is 64.1 Å². The fourth-order valence-corrected chi connectivity index (χ4v) is 4.78. The van der Waals surface area contributed by atoms with Gasteiger partial charge in [0.1, 0.15) is 11.6 Å². The Bertz CT molecular complexity index is 1260. The van der Waals surface area contributed by atoms with Crippen LogP contribution >= 0.6 is 0 Å². The van der Waals surface area contributed by atoms with Crippen LogP contribution in [0, 0.1) is 0 Å². The smallest absolute Gasteiger partial charge is 0.225 e. The second kappa shape index (κ2) is 10.7. The van der Waals surface area contributed by atoms with E-state index in [-0.39, 0.29) is 0 Å². The van der Waals surface area contributed by atoms with Gasteiger partial charge in [0, 0.05) is 38.1 Å². The lowest BCUT2D eigenvalue weighted by molar-refractivity contribution is 0.364. The van der Waals surface area contributed by atoms with Gasteiger partial charge in [0.05, 0.1) is 11.8 Å². The fraction of sp³-hybridized carbons (Fsp3) is 0.310. The molecule has 0 aliphatic heterocycles. The maximum absolute atomic E-state index is 5.57. The second-order valence-electron chi connectivity index (χ2n) is 9.41. The molecule has 1 saturated carbocycles. The molecule has 35 heavy (non-hydrogen) atoms. The van der Waals surface area contributed by atoms with Gasteiger partial charge in [-0.25, -0.2) is 4.98 Å². The summed E-state index contributed by atoms with van der Waals surface area (Å²) >= 11 is 0. The number of rotatable bonds is 8. The zero-order valence-electron chi connectivity index (χ0n) is 20.4. The molecule has 1 aliphatic carbocycles. The molecule has 1 fully saturated rings. The lowest BCUT2D eigenvalue weighted by Crippen LogP contribution is -2.37. The number of para-hydroxylation sites is 1. The number of nitrogens with zero attached hydrogens (tertiary/aromatic N) is 3. The summed E-state index contributed by atoms with van der Waals surface area (Å²) in [5.41, 5.74) is 3.43. The standard InChI is InChI=1S/C29H33N5O/c1-34(2)28-26-12-6-7-13-27(26)32-29(33-28)31-24-16-14-23(15-17-24)30-20-22(19-25-11-8-18-35-25)21-9-4-3-5-10-21/h3-13,18-19,23-24,30H,14-17,20H2,1-2H3,(H,31,32,33)/b22-19+/t23-,24+. The Morgan fingerprint density at radius 1 is 0.914 bits per heavy atom. The summed E-state index contributed by atoms with van der Waals surface area (Å²) in [6.45, 7) is 0.813. The molecule has 0 bridgehead atoms. The monoisotopic (exact) mass is 467 g/mol. The maximum Gasteiger partial charge on any atom is 0.225 e. The summed E-state index contributed by atoms with van der Waals surface area (Å²) in [5.74, 6) is 2.55. The van der Waals surface area contributed by atoms with Crippen LogP contribution in [0.2, 0.25) is 0 Å². The largest absolute Gasteiger partial charge is 0.465 e. The van der Waals surface area contributed by atoms with Crippen molar-refractivity contribution >= 4 is 34.3 Å². The van der Waals surface area contributed by atoms with Gasteiger partial charge in [-0.15, -0.1) is 0 Å². The molecule has 5 rings (SSSR count). The molecule has 4 aromatic rings. The predicted molar refractivity (Wildman–Crippen MR) is 145 cm³/mol. The highest BCUT2D eigenvalue weighted by molar-refractivity contribution is 5.90.